The standard InChI is InChI=1S/C36H37F2N11O9P2S2/c1-2-12-53-59(61,54-13-6-10-39)29-23(58-36(25(29)38)48-19-45-26-30(41-17-42-31(26)48)47-33(51)21-8-4-3-5-9-21)16-56-60(62,55-14-7-11-40)28-22(15-50)57-35(24(28)37)49-20-46-27-32(49)43-18-44-34(27)52/h2-5,8-9,17-20,22-25,28-29,35-36,50H,1,6-7,12-16H2,(H,43,44,52)(H,41,42,47,51)/t22-,23?,24+,25+,28+,29+,35?,36?,59?,60?/m0/s1. The van der Waals surface area contributed by atoms with Crippen LogP contribution in [0.15, 0.2) is 73.1 Å². The van der Waals surface area contributed by atoms with Crippen molar-refractivity contribution in [1.29, 1.82) is 10.5 Å². The van der Waals surface area contributed by atoms with Crippen LogP contribution in [0.3, 0.4) is 0 Å². The van der Waals surface area contributed by atoms with Gasteiger partial charge in [0, 0.05) is 5.56 Å². The number of halogens is 2. The lowest BCUT2D eigenvalue weighted by Gasteiger charge is -2.34. The van der Waals surface area contributed by atoms with Crippen molar-refractivity contribution >= 4 is 70.6 Å². The van der Waals surface area contributed by atoms with E-state index in [4.69, 9.17) is 51.2 Å². The molecule has 2 aliphatic heterocycles. The number of ether oxygens (including phenoxy) is 2. The SMILES string of the molecule is C=CCOP(=S)(OCCC#N)[C@@H]1C(COP(=S)(OCCC#N)[C@@H]2[C@H](CO)OC(n3cnc4c(=O)[nH]cnc43)[C@@H]2F)OC(n2cnc3c(NC(=O)c4ccccc4)ncnc32)[C@@H]1F. The fourth-order valence-electron chi connectivity index (χ4n) is 7.04. The Morgan fingerprint density at radius 1 is 0.903 bits per heavy atom. The highest BCUT2D eigenvalue weighted by Crippen LogP contribution is 2.64. The highest BCUT2D eigenvalue weighted by atomic mass is 32.5. The predicted octanol–water partition coefficient (Wildman–Crippen LogP) is 4.11. The van der Waals surface area contributed by atoms with Crippen LogP contribution in [0, 0.1) is 22.7 Å². The summed E-state index contributed by atoms with van der Waals surface area (Å²) in [6, 6.07) is 12.2. The largest absolute Gasteiger partial charge is 0.394 e. The molecule has 0 radical (unpaired) electrons. The van der Waals surface area contributed by atoms with E-state index in [1.807, 2.05) is 12.1 Å². The number of hydrogen-bond acceptors (Lipinski definition) is 18. The van der Waals surface area contributed by atoms with Crippen LogP contribution < -0.4 is 10.9 Å². The number of carbonyl (C=O) groups excluding carboxylic acids is 1. The van der Waals surface area contributed by atoms with E-state index in [9.17, 15) is 25.2 Å². The van der Waals surface area contributed by atoms with Crippen LogP contribution in [0.5, 0.6) is 0 Å². The summed E-state index contributed by atoms with van der Waals surface area (Å²) < 4.78 is 73.5. The maximum absolute atomic E-state index is 17.4. The molecule has 2 fully saturated rings. The fourth-order valence-corrected chi connectivity index (χ4v) is 13.7. The Morgan fingerprint density at radius 2 is 1.50 bits per heavy atom. The number of aliphatic hydroxyl groups excluding tert-OH is 1. The normalized spacial score (nSPS) is 25.5. The highest BCUT2D eigenvalue weighted by molar-refractivity contribution is 8.10. The Balaban J connectivity index is 1.23. The van der Waals surface area contributed by atoms with Gasteiger partial charge in [-0.1, -0.05) is 24.3 Å². The molecule has 4 aromatic heterocycles. The zero-order valence-electron chi connectivity index (χ0n) is 32.3. The maximum atomic E-state index is 17.4. The molecule has 5 aromatic rings. The van der Waals surface area contributed by atoms with Gasteiger partial charge >= 0.3 is 0 Å². The summed E-state index contributed by atoms with van der Waals surface area (Å²) in [4.78, 5) is 48.8. The van der Waals surface area contributed by atoms with Gasteiger partial charge in [0.15, 0.2) is 65.9 Å². The van der Waals surface area contributed by atoms with Gasteiger partial charge in [0.25, 0.3) is 11.5 Å². The zero-order chi connectivity index (χ0) is 44.0. The number of benzene rings is 1. The van der Waals surface area contributed by atoms with Crippen LogP contribution in [0.25, 0.3) is 22.3 Å². The van der Waals surface area contributed by atoms with E-state index in [0.717, 1.165) is 19.0 Å². The molecule has 0 spiro atoms. The lowest BCUT2D eigenvalue weighted by molar-refractivity contribution is -0.0365. The van der Waals surface area contributed by atoms with E-state index >= 15 is 8.78 Å². The number of nitrogens with one attached hydrogen (secondary N) is 2. The van der Waals surface area contributed by atoms with Crippen molar-refractivity contribution in [3.8, 4) is 12.1 Å². The Hall–Kier alpha value is -4.81. The molecule has 3 N–H and O–H groups in total. The molecule has 2 aliphatic rings. The zero-order valence-corrected chi connectivity index (χ0v) is 35.7. The van der Waals surface area contributed by atoms with Crippen molar-refractivity contribution in [2.75, 3.05) is 38.4 Å². The monoisotopic (exact) mass is 931 g/mol. The van der Waals surface area contributed by atoms with E-state index in [1.165, 1.54) is 21.5 Å². The first-order chi connectivity index (χ1) is 30.0. The van der Waals surface area contributed by atoms with Gasteiger partial charge in [-0.25, -0.2) is 33.7 Å². The van der Waals surface area contributed by atoms with E-state index in [2.05, 4.69) is 41.8 Å². The molecule has 7 rings (SSSR count). The molecule has 326 valence electrons. The van der Waals surface area contributed by atoms with Gasteiger partial charge in [0.1, 0.15) is 6.33 Å². The molecule has 0 saturated carbocycles. The van der Waals surface area contributed by atoms with E-state index < -0.39 is 86.0 Å². The van der Waals surface area contributed by atoms with Gasteiger partial charge in [-0.3, -0.25) is 18.7 Å². The number of nitrogens with zero attached hydrogens (tertiary/aromatic N) is 9. The number of H-pyrrole nitrogens is 1. The number of hydrogen-bond donors (Lipinski definition) is 3. The van der Waals surface area contributed by atoms with Gasteiger partial charge in [-0.2, -0.15) is 10.5 Å². The van der Waals surface area contributed by atoms with Gasteiger partial charge in [-0.15, -0.1) is 6.58 Å². The molecule has 0 bridgehead atoms. The first kappa shape index (κ1) is 45.2. The first-order valence-electron chi connectivity index (χ1n) is 18.7. The Labute approximate surface area is 361 Å². The number of alkyl halides is 2. The summed E-state index contributed by atoms with van der Waals surface area (Å²) in [5, 5.41) is 31.8. The second kappa shape index (κ2) is 19.7. The van der Waals surface area contributed by atoms with Crippen molar-refractivity contribution in [3.63, 3.8) is 0 Å². The van der Waals surface area contributed by atoms with E-state index in [0.29, 0.717) is 5.56 Å². The molecule has 6 heterocycles. The number of aliphatic hydroxyl groups is 1. The summed E-state index contributed by atoms with van der Waals surface area (Å²) in [5.41, 5.74) is -3.10. The molecule has 62 heavy (non-hydrogen) atoms. The number of aromatic amines is 1. The molecular formula is C36H37F2N11O9P2S2. The van der Waals surface area contributed by atoms with Crippen molar-refractivity contribution in [3.05, 3.63) is 84.2 Å². The fraction of sp³-hybridized carbons (Fsp3) is 0.417. The average Bonchev–Trinajstić information content (AvgIpc) is 4.06. The number of aromatic nitrogens is 8. The molecule has 20 nitrogen and oxygen atoms in total. The highest BCUT2D eigenvalue weighted by Gasteiger charge is 2.58. The molecule has 0 aliphatic carbocycles. The van der Waals surface area contributed by atoms with Crippen molar-refractivity contribution in [1.82, 2.24) is 39.0 Å². The van der Waals surface area contributed by atoms with Gasteiger partial charge in [0.2, 0.25) is 0 Å². The van der Waals surface area contributed by atoms with Crippen LogP contribution in [-0.4, -0.2) is 119 Å². The van der Waals surface area contributed by atoms with Crippen LogP contribution in [0.1, 0.15) is 35.7 Å². The second-order valence-electron chi connectivity index (χ2n) is 13.5. The summed E-state index contributed by atoms with van der Waals surface area (Å²) in [5.74, 6) is -0.451. The number of imidazole rings is 2. The van der Waals surface area contributed by atoms with E-state index in [1.54, 1.807) is 30.3 Å². The molecular weight excluding hydrogens is 895 g/mol. The lowest BCUT2D eigenvalue weighted by Crippen LogP contribution is -2.36. The molecule has 10 atom stereocenters. The summed E-state index contributed by atoms with van der Waals surface area (Å²) in [6.07, 6.45) is -4.11. The minimum atomic E-state index is -4.04. The summed E-state index contributed by atoms with van der Waals surface area (Å²) in [7, 11) is 0. The van der Waals surface area contributed by atoms with Crippen molar-refractivity contribution in [2.24, 2.45) is 0 Å². The predicted molar refractivity (Wildman–Crippen MR) is 223 cm³/mol. The maximum Gasteiger partial charge on any atom is 0.278 e. The van der Waals surface area contributed by atoms with Crippen LogP contribution in [-0.2, 0) is 51.2 Å². The Bertz CT molecular complexity index is 2660. The van der Waals surface area contributed by atoms with Crippen LogP contribution >= 0.6 is 13.0 Å². The Kier molecular flexibility index (Phi) is 14.4. The van der Waals surface area contributed by atoms with Gasteiger partial charge in [-0.05, 0) is 35.7 Å². The third kappa shape index (κ3) is 9.00. The number of amides is 1. The third-order valence-electron chi connectivity index (χ3n) is 9.80. The van der Waals surface area contributed by atoms with E-state index in [-0.39, 0.29) is 60.8 Å². The summed E-state index contributed by atoms with van der Waals surface area (Å²) in [6.45, 7) is -6.24. The first-order valence-corrected chi connectivity index (χ1v) is 24.2. The smallest absolute Gasteiger partial charge is 0.278 e. The number of carbonyl (C=O) groups is 1. The van der Waals surface area contributed by atoms with Crippen molar-refractivity contribution < 1.29 is 46.3 Å². The number of anilines is 1. The number of rotatable bonds is 19. The molecule has 1 amide bonds. The quantitative estimate of drug-likeness (QED) is 0.0598. The average molecular weight is 932 g/mol. The van der Waals surface area contributed by atoms with Gasteiger partial charge in [0.05, 0.1) is 101 Å². The minimum Gasteiger partial charge on any atom is -0.394 e. The van der Waals surface area contributed by atoms with Crippen LogP contribution in [0.4, 0.5) is 14.6 Å². The Morgan fingerprint density at radius 3 is 2.13 bits per heavy atom. The number of nitriles is 2. The lowest BCUT2D eigenvalue weighted by atomic mass is 10.2. The minimum absolute atomic E-state index is 0.00903. The summed E-state index contributed by atoms with van der Waals surface area (Å²) >= 11 is 11.9. The number of fused-ring (bicyclic) bond motifs is 2. The molecule has 1 aromatic carbocycles. The van der Waals surface area contributed by atoms with Crippen LogP contribution in [0.2, 0.25) is 0 Å². The van der Waals surface area contributed by atoms with Crippen molar-refractivity contribution in [2.45, 2.75) is 61.2 Å². The topological polar surface area (TPSA) is 259 Å². The molecule has 5 unspecified atom stereocenters. The van der Waals surface area contributed by atoms with Gasteiger partial charge < -0.3 is 43.0 Å². The second-order valence-corrected chi connectivity index (χ2v) is 21.0. The molecule has 2 saturated heterocycles. The molecule has 26 heteroatoms. The third-order valence-corrected chi connectivity index (χ3v) is 17.3.